The lowest BCUT2D eigenvalue weighted by atomic mass is 9.87. The molecule has 0 bridgehead atoms. The van der Waals surface area contributed by atoms with E-state index in [4.69, 9.17) is 5.26 Å². The third-order valence-electron chi connectivity index (χ3n) is 8.12. The van der Waals surface area contributed by atoms with E-state index < -0.39 is 23.5 Å². The number of carbonyl (C=O) groups excluding carboxylic acids is 1. The minimum atomic E-state index is -0.682. The number of nitrogens with zero attached hydrogens (tertiary/aromatic N) is 6. The van der Waals surface area contributed by atoms with Crippen molar-refractivity contribution in [2.45, 2.75) is 31.2 Å². The highest BCUT2D eigenvalue weighted by Crippen LogP contribution is 2.37. The Bertz CT molecular complexity index is 1390. The Balaban J connectivity index is 1.33. The number of halogens is 3. The van der Waals surface area contributed by atoms with Crippen LogP contribution >= 0.6 is 0 Å². The standard InChI is InChI=1S/C30H31F3N6O/c1-37-13-14-38(12-4-6-23(37)15-20-5-2-3-7-27(20)32)30(40)26-19-39(29-11-9-22(17-34)35-36-29)18-25(26)24-10-8-21(31)16-28(24)33/h2-3,5,7-11,16,23,25-26H,4,6,12-15,18-19H2,1H3/t23?,25-,26+/m0/s1. The van der Waals surface area contributed by atoms with Crippen molar-refractivity contribution in [2.24, 2.45) is 5.92 Å². The summed E-state index contributed by atoms with van der Waals surface area (Å²) in [6.45, 7) is 2.26. The smallest absolute Gasteiger partial charge is 0.228 e. The van der Waals surface area contributed by atoms with Crippen LogP contribution in [0.15, 0.2) is 54.6 Å². The SMILES string of the molecule is CN1CCN(C(=O)[C@@H]2CN(c3ccc(C#N)nn3)C[C@H]2c2ccc(F)cc2F)CCCC1Cc1ccccc1F. The first-order valence-electron chi connectivity index (χ1n) is 13.5. The second kappa shape index (κ2) is 12.0. The number of benzene rings is 2. The van der Waals surface area contributed by atoms with Crippen LogP contribution in [0.5, 0.6) is 0 Å². The summed E-state index contributed by atoms with van der Waals surface area (Å²) in [5.74, 6) is -2.23. The maximum Gasteiger partial charge on any atom is 0.228 e. The van der Waals surface area contributed by atoms with Crippen molar-refractivity contribution in [2.75, 3.05) is 44.7 Å². The van der Waals surface area contributed by atoms with E-state index >= 15 is 0 Å². The number of likely N-dealkylation sites (N-methyl/N-ethyl adjacent to an activating group) is 1. The zero-order valence-electron chi connectivity index (χ0n) is 22.3. The number of aromatic nitrogens is 2. The normalized spacial score (nSPS) is 22.0. The number of carbonyl (C=O) groups is 1. The molecule has 2 aliphatic heterocycles. The minimum absolute atomic E-state index is 0.0845. The fraction of sp³-hybridized carbons (Fsp3) is 0.400. The molecule has 5 rings (SSSR count). The van der Waals surface area contributed by atoms with Crippen molar-refractivity contribution in [3.05, 3.63) is 88.9 Å². The second-order valence-corrected chi connectivity index (χ2v) is 10.6. The van der Waals surface area contributed by atoms with Crippen molar-refractivity contribution < 1.29 is 18.0 Å². The zero-order chi connectivity index (χ0) is 28.2. The summed E-state index contributed by atoms with van der Waals surface area (Å²) in [6.07, 6.45) is 2.16. The summed E-state index contributed by atoms with van der Waals surface area (Å²) in [7, 11) is 2.00. The van der Waals surface area contributed by atoms with E-state index in [-0.39, 0.29) is 29.0 Å². The largest absolute Gasteiger partial charge is 0.354 e. The number of anilines is 1. The van der Waals surface area contributed by atoms with Crippen molar-refractivity contribution in [3.8, 4) is 6.07 Å². The van der Waals surface area contributed by atoms with Gasteiger partial charge in [-0.15, -0.1) is 10.2 Å². The van der Waals surface area contributed by atoms with Crippen LogP contribution in [0.4, 0.5) is 19.0 Å². The summed E-state index contributed by atoms with van der Waals surface area (Å²) in [5.41, 5.74) is 1.15. The topological polar surface area (TPSA) is 76.4 Å². The maximum atomic E-state index is 14.9. The summed E-state index contributed by atoms with van der Waals surface area (Å²) in [5, 5.41) is 17.1. The van der Waals surface area contributed by atoms with E-state index in [1.807, 2.05) is 35.0 Å². The van der Waals surface area contributed by atoms with Crippen LogP contribution in [0.25, 0.3) is 0 Å². The van der Waals surface area contributed by atoms with Gasteiger partial charge in [0.05, 0.1) is 5.92 Å². The highest BCUT2D eigenvalue weighted by Gasteiger charge is 2.42. The highest BCUT2D eigenvalue weighted by molar-refractivity contribution is 5.81. The summed E-state index contributed by atoms with van der Waals surface area (Å²) < 4.78 is 42.9. The van der Waals surface area contributed by atoms with Crippen LogP contribution in [-0.2, 0) is 11.2 Å². The fourth-order valence-electron chi connectivity index (χ4n) is 5.85. The van der Waals surface area contributed by atoms with Crippen LogP contribution in [0.1, 0.15) is 35.6 Å². The van der Waals surface area contributed by atoms with Gasteiger partial charge < -0.3 is 14.7 Å². The van der Waals surface area contributed by atoms with Gasteiger partial charge in [0.15, 0.2) is 11.5 Å². The molecule has 7 nitrogen and oxygen atoms in total. The van der Waals surface area contributed by atoms with Gasteiger partial charge in [0.2, 0.25) is 5.91 Å². The Morgan fingerprint density at radius 2 is 1.82 bits per heavy atom. The molecule has 2 aliphatic rings. The van der Waals surface area contributed by atoms with E-state index in [0.717, 1.165) is 18.9 Å². The summed E-state index contributed by atoms with van der Waals surface area (Å²) >= 11 is 0. The van der Waals surface area contributed by atoms with Crippen LogP contribution in [0.2, 0.25) is 0 Å². The number of hydrogen-bond donors (Lipinski definition) is 0. The maximum absolute atomic E-state index is 14.9. The van der Waals surface area contributed by atoms with E-state index in [1.54, 1.807) is 18.2 Å². The van der Waals surface area contributed by atoms with Crippen LogP contribution in [0.3, 0.4) is 0 Å². The molecule has 2 aromatic carbocycles. The van der Waals surface area contributed by atoms with Crippen LogP contribution in [0, 0.1) is 34.7 Å². The lowest BCUT2D eigenvalue weighted by Gasteiger charge is -2.36. The van der Waals surface area contributed by atoms with E-state index in [2.05, 4.69) is 15.1 Å². The van der Waals surface area contributed by atoms with Gasteiger partial charge in [-0.25, -0.2) is 13.2 Å². The lowest BCUT2D eigenvalue weighted by molar-refractivity contribution is -0.136. The van der Waals surface area contributed by atoms with Crippen molar-refractivity contribution in [1.29, 1.82) is 5.26 Å². The Hall–Kier alpha value is -3.97. The van der Waals surface area contributed by atoms with Gasteiger partial charge in [0.1, 0.15) is 23.5 Å². The van der Waals surface area contributed by atoms with Crippen LogP contribution < -0.4 is 4.90 Å². The molecule has 1 aromatic heterocycles. The Labute approximate surface area is 231 Å². The van der Waals surface area contributed by atoms with Crippen molar-refractivity contribution >= 4 is 11.7 Å². The molecule has 2 saturated heterocycles. The summed E-state index contributed by atoms with van der Waals surface area (Å²) in [4.78, 5) is 19.9. The second-order valence-electron chi connectivity index (χ2n) is 10.6. The highest BCUT2D eigenvalue weighted by atomic mass is 19.1. The fourth-order valence-corrected chi connectivity index (χ4v) is 5.85. The first-order valence-corrected chi connectivity index (χ1v) is 13.5. The van der Waals surface area contributed by atoms with Gasteiger partial charge in [-0.05, 0) is 61.7 Å². The number of hydrogen-bond acceptors (Lipinski definition) is 6. The third kappa shape index (κ3) is 5.94. The number of amides is 1. The Morgan fingerprint density at radius 3 is 2.55 bits per heavy atom. The molecule has 40 heavy (non-hydrogen) atoms. The monoisotopic (exact) mass is 548 g/mol. The van der Waals surface area contributed by atoms with Gasteiger partial charge in [-0.2, -0.15) is 5.26 Å². The predicted octanol–water partition coefficient (Wildman–Crippen LogP) is 4.15. The minimum Gasteiger partial charge on any atom is -0.354 e. The van der Waals surface area contributed by atoms with E-state index in [1.165, 1.54) is 18.2 Å². The Kier molecular flexibility index (Phi) is 8.31. The van der Waals surface area contributed by atoms with E-state index in [9.17, 15) is 18.0 Å². The Morgan fingerprint density at radius 1 is 1.00 bits per heavy atom. The molecule has 3 heterocycles. The zero-order valence-corrected chi connectivity index (χ0v) is 22.3. The van der Waals surface area contributed by atoms with Crippen LogP contribution in [-0.4, -0.2) is 71.7 Å². The quantitative estimate of drug-likeness (QED) is 0.477. The molecule has 1 amide bonds. The lowest BCUT2D eigenvalue weighted by Crippen LogP contribution is -2.47. The number of rotatable bonds is 5. The van der Waals surface area contributed by atoms with Gasteiger partial charge in [-0.3, -0.25) is 4.79 Å². The first-order chi connectivity index (χ1) is 19.3. The van der Waals surface area contributed by atoms with Gasteiger partial charge in [-0.1, -0.05) is 24.3 Å². The van der Waals surface area contributed by atoms with Gasteiger partial charge >= 0.3 is 0 Å². The van der Waals surface area contributed by atoms with Gasteiger partial charge in [0, 0.05) is 50.7 Å². The summed E-state index contributed by atoms with van der Waals surface area (Å²) in [6, 6.07) is 15.6. The van der Waals surface area contributed by atoms with Crippen molar-refractivity contribution in [3.63, 3.8) is 0 Å². The molecule has 10 heteroatoms. The third-order valence-corrected chi connectivity index (χ3v) is 8.12. The molecule has 1 unspecified atom stereocenters. The van der Waals surface area contributed by atoms with E-state index in [0.29, 0.717) is 50.5 Å². The molecule has 2 fully saturated rings. The molecule has 3 atom stereocenters. The molecular weight excluding hydrogens is 517 g/mol. The molecule has 208 valence electrons. The first kappa shape index (κ1) is 27.6. The number of nitriles is 1. The average Bonchev–Trinajstić information content (AvgIpc) is 3.39. The molecule has 0 radical (unpaired) electrons. The molecular formula is C30H31F3N6O. The molecule has 0 saturated carbocycles. The van der Waals surface area contributed by atoms with Gasteiger partial charge in [0.25, 0.3) is 0 Å². The molecule has 0 aliphatic carbocycles. The molecule has 0 N–H and O–H groups in total. The average molecular weight is 549 g/mol. The molecule has 0 spiro atoms. The predicted molar refractivity (Wildman–Crippen MR) is 144 cm³/mol. The molecule has 3 aromatic rings. The van der Waals surface area contributed by atoms with Crippen molar-refractivity contribution in [1.82, 2.24) is 20.0 Å².